The topological polar surface area (TPSA) is 124 Å². The molecule has 0 bridgehead atoms. The van der Waals surface area contributed by atoms with Crippen molar-refractivity contribution >= 4 is 10.0 Å². The van der Waals surface area contributed by atoms with Gasteiger partial charge in [-0.05, 0) is 56.2 Å². The number of aryl methyl sites for hydroxylation is 1. The Labute approximate surface area is 246 Å². The summed E-state index contributed by atoms with van der Waals surface area (Å²) in [5.74, 6) is 0.0909. The van der Waals surface area contributed by atoms with Gasteiger partial charge in [0, 0.05) is 6.54 Å². The van der Waals surface area contributed by atoms with Gasteiger partial charge in [-0.3, -0.25) is 0 Å². The lowest BCUT2D eigenvalue weighted by molar-refractivity contribution is -0.159. The van der Waals surface area contributed by atoms with Gasteiger partial charge in [-0.1, -0.05) is 54.1 Å². The van der Waals surface area contributed by atoms with E-state index in [1.807, 2.05) is 43.3 Å². The van der Waals surface area contributed by atoms with Gasteiger partial charge >= 0.3 is 0 Å². The number of ether oxygens (including phenoxy) is 5. The predicted octanol–water partition coefficient (Wildman–Crippen LogP) is 3.37. The maximum atomic E-state index is 14.4. The number of nitrogens with zero attached hydrogens (tertiary/aromatic N) is 1. The van der Waals surface area contributed by atoms with E-state index >= 15 is 0 Å². The lowest BCUT2D eigenvalue weighted by atomic mass is 9.99. The summed E-state index contributed by atoms with van der Waals surface area (Å²) in [5, 5.41) is 21.0. The highest BCUT2D eigenvalue weighted by atomic mass is 32.2. The summed E-state index contributed by atoms with van der Waals surface area (Å²) in [6.07, 6.45) is -2.90. The van der Waals surface area contributed by atoms with Crippen molar-refractivity contribution < 1.29 is 42.3 Å². The second-order valence-electron chi connectivity index (χ2n) is 10.9. The second-order valence-corrected chi connectivity index (χ2v) is 12.8. The van der Waals surface area contributed by atoms with Crippen LogP contribution in [0.2, 0.25) is 0 Å². The SMILES string of the molecule is Cc1ccc(S(=O)(=O)N(Cc2ccccc2)[C@@H]([C@@H]2OC(C)(C)O[C@@H]2CO)[C@H](CO)OCc2ccc3c(c2)OCO3)cc1. The Bertz CT molecular complexity index is 1450. The smallest absolute Gasteiger partial charge is 0.243 e. The molecule has 42 heavy (non-hydrogen) atoms. The summed E-state index contributed by atoms with van der Waals surface area (Å²) < 4.78 is 59.5. The predicted molar refractivity (Wildman–Crippen MR) is 153 cm³/mol. The van der Waals surface area contributed by atoms with Crippen LogP contribution in [0.3, 0.4) is 0 Å². The first kappa shape index (κ1) is 30.4. The fourth-order valence-corrected chi connectivity index (χ4v) is 6.95. The van der Waals surface area contributed by atoms with E-state index in [2.05, 4.69) is 0 Å². The molecule has 2 aliphatic rings. The molecule has 0 radical (unpaired) electrons. The fourth-order valence-electron chi connectivity index (χ4n) is 5.31. The molecule has 1 fully saturated rings. The highest BCUT2D eigenvalue weighted by Crippen LogP contribution is 2.37. The molecular weight excluding hydrogens is 562 g/mol. The van der Waals surface area contributed by atoms with Crippen LogP contribution in [0.25, 0.3) is 0 Å². The zero-order valence-corrected chi connectivity index (χ0v) is 24.7. The van der Waals surface area contributed by atoms with E-state index in [4.69, 9.17) is 23.7 Å². The molecule has 11 heteroatoms. The minimum absolute atomic E-state index is 0.0377. The molecule has 2 aliphatic heterocycles. The molecule has 4 atom stereocenters. The van der Waals surface area contributed by atoms with Gasteiger partial charge in [0.05, 0.1) is 30.8 Å². The van der Waals surface area contributed by atoms with Crippen molar-refractivity contribution in [2.24, 2.45) is 0 Å². The van der Waals surface area contributed by atoms with Gasteiger partial charge in [0.25, 0.3) is 0 Å². The van der Waals surface area contributed by atoms with Crippen molar-refractivity contribution in [1.29, 1.82) is 0 Å². The average Bonchev–Trinajstić information content (AvgIpc) is 3.57. The van der Waals surface area contributed by atoms with Crippen LogP contribution in [0.1, 0.15) is 30.5 Å². The zero-order chi connectivity index (χ0) is 29.9. The standard InChI is InChI=1S/C31H37NO9S/c1-21-9-12-24(13-10-21)42(35,36)32(16-22-7-5-4-6-8-22)29(30-28(18-34)40-31(2,3)41-30)27(17-33)37-19-23-11-14-25-26(15-23)39-20-38-25/h4-15,27-30,33-34H,16-20H2,1-3H3/t27-,28+,29+,30+/m0/s1. The number of sulfonamides is 1. The highest BCUT2D eigenvalue weighted by molar-refractivity contribution is 7.89. The van der Waals surface area contributed by atoms with Crippen LogP contribution < -0.4 is 9.47 Å². The van der Waals surface area contributed by atoms with E-state index in [0.29, 0.717) is 11.5 Å². The molecule has 0 saturated carbocycles. The number of benzene rings is 3. The molecule has 10 nitrogen and oxygen atoms in total. The quantitative estimate of drug-likeness (QED) is 0.323. The third kappa shape index (κ3) is 6.63. The van der Waals surface area contributed by atoms with E-state index in [9.17, 15) is 18.6 Å². The Balaban J connectivity index is 1.57. The first-order chi connectivity index (χ1) is 20.1. The number of hydrogen-bond acceptors (Lipinski definition) is 9. The largest absolute Gasteiger partial charge is 0.454 e. The van der Waals surface area contributed by atoms with E-state index < -0.39 is 53.4 Å². The van der Waals surface area contributed by atoms with Gasteiger partial charge in [0.15, 0.2) is 17.3 Å². The third-order valence-corrected chi connectivity index (χ3v) is 9.20. The van der Waals surface area contributed by atoms with Crippen LogP contribution in [0.4, 0.5) is 0 Å². The van der Waals surface area contributed by atoms with Crippen molar-refractivity contribution in [1.82, 2.24) is 4.31 Å². The van der Waals surface area contributed by atoms with Crippen molar-refractivity contribution in [2.45, 2.75) is 69.0 Å². The molecule has 2 N–H and O–H groups in total. The molecule has 2 heterocycles. The summed E-state index contributed by atoms with van der Waals surface area (Å²) in [5.41, 5.74) is 2.38. The molecule has 0 aromatic heterocycles. The molecule has 5 rings (SSSR count). The molecule has 0 spiro atoms. The van der Waals surface area contributed by atoms with Crippen molar-refractivity contribution in [3.8, 4) is 11.5 Å². The number of rotatable bonds is 12. The normalized spacial score (nSPS) is 21.0. The minimum Gasteiger partial charge on any atom is -0.454 e. The van der Waals surface area contributed by atoms with Crippen LogP contribution in [-0.2, 0) is 37.4 Å². The van der Waals surface area contributed by atoms with Gasteiger partial charge in [0.2, 0.25) is 16.8 Å². The summed E-state index contributed by atoms with van der Waals surface area (Å²) in [6.45, 7) is 4.46. The minimum atomic E-state index is -4.18. The fraction of sp³-hybridized carbons (Fsp3) is 0.419. The molecule has 0 aliphatic carbocycles. The first-order valence-electron chi connectivity index (χ1n) is 13.8. The maximum absolute atomic E-state index is 14.4. The second kappa shape index (κ2) is 12.7. The highest BCUT2D eigenvalue weighted by Gasteiger charge is 2.52. The van der Waals surface area contributed by atoms with E-state index in [1.165, 1.54) is 4.31 Å². The van der Waals surface area contributed by atoms with Crippen molar-refractivity contribution in [3.63, 3.8) is 0 Å². The van der Waals surface area contributed by atoms with Gasteiger partial charge < -0.3 is 33.9 Å². The van der Waals surface area contributed by atoms with Crippen molar-refractivity contribution in [3.05, 3.63) is 89.5 Å². The first-order valence-corrected chi connectivity index (χ1v) is 15.3. The van der Waals surface area contributed by atoms with Crippen LogP contribution in [-0.4, -0.2) is 73.1 Å². The Morgan fingerprint density at radius 3 is 2.36 bits per heavy atom. The number of aliphatic hydroxyl groups is 2. The lowest BCUT2D eigenvalue weighted by Crippen LogP contribution is -2.58. The molecule has 3 aromatic rings. The van der Waals surface area contributed by atoms with E-state index in [-0.39, 0.29) is 24.8 Å². The molecule has 1 saturated heterocycles. The van der Waals surface area contributed by atoms with E-state index in [0.717, 1.165) is 16.7 Å². The Morgan fingerprint density at radius 1 is 0.952 bits per heavy atom. The summed E-state index contributed by atoms with van der Waals surface area (Å²) in [4.78, 5) is 0.0835. The van der Waals surface area contributed by atoms with Crippen LogP contribution in [0.15, 0.2) is 77.7 Å². The molecule has 0 unspecified atom stereocenters. The third-order valence-electron chi connectivity index (χ3n) is 7.34. The van der Waals surface area contributed by atoms with Crippen LogP contribution >= 0.6 is 0 Å². The van der Waals surface area contributed by atoms with Crippen molar-refractivity contribution in [2.75, 3.05) is 20.0 Å². The molecular formula is C31H37NO9S. The monoisotopic (exact) mass is 599 g/mol. The lowest BCUT2D eigenvalue weighted by Gasteiger charge is -2.39. The van der Waals surface area contributed by atoms with Gasteiger partial charge in [-0.25, -0.2) is 8.42 Å². The summed E-state index contributed by atoms with van der Waals surface area (Å²) >= 11 is 0. The van der Waals surface area contributed by atoms with Gasteiger partial charge in [-0.2, -0.15) is 4.31 Å². The maximum Gasteiger partial charge on any atom is 0.243 e. The van der Waals surface area contributed by atoms with Crippen LogP contribution in [0, 0.1) is 6.92 Å². The Kier molecular flexibility index (Phi) is 9.19. The number of aliphatic hydroxyl groups excluding tert-OH is 2. The number of fused-ring (bicyclic) bond motifs is 1. The molecule has 0 amide bonds. The molecule has 3 aromatic carbocycles. The van der Waals surface area contributed by atoms with Gasteiger partial charge in [-0.15, -0.1) is 0 Å². The Hall–Kier alpha value is -3.03. The average molecular weight is 600 g/mol. The molecule has 226 valence electrons. The number of hydrogen-bond donors (Lipinski definition) is 2. The van der Waals surface area contributed by atoms with Gasteiger partial charge in [0.1, 0.15) is 18.3 Å². The van der Waals surface area contributed by atoms with E-state index in [1.54, 1.807) is 50.2 Å². The summed E-state index contributed by atoms with van der Waals surface area (Å²) in [7, 11) is -4.18. The van der Waals surface area contributed by atoms with Crippen LogP contribution in [0.5, 0.6) is 11.5 Å². The Morgan fingerprint density at radius 2 is 1.67 bits per heavy atom. The zero-order valence-electron chi connectivity index (χ0n) is 23.9. The summed E-state index contributed by atoms with van der Waals surface area (Å²) in [6, 6.07) is 20.0.